The van der Waals surface area contributed by atoms with Crippen LogP contribution in [0.25, 0.3) is 0 Å². The number of aliphatic imine (C=N–C) groups is 1. The average Bonchev–Trinajstić information content (AvgIpc) is 3.29. The molecule has 0 fully saturated rings. The number of aryl methyl sites for hydroxylation is 1. The number of carbonyl (C=O) groups excluding carboxylic acids is 3. The van der Waals surface area contributed by atoms with E-state index in [-0.39, 0.29) is 23.6 Å². The van der Waals surface area contributed by atoms with Crippen molar-refractivity contribution in [2.24, 2.45) is 10.7 Å². The number of nitrogens with zero attached hydrogens (tertiary/aromatic N) is 3. The number of benzene rings is 1. The van der Waals surface area contributed by atoms with E-state index in [1.54, 1.807) is 57.4 Å². The molecule has 8 nitrogen and oxygen atoms in total. The number of nitrogens with one attached hydrogen (secondary N) is 1. The SMILES string of the molecule is CCC(=O)Nc1cccc(C2(c3cc(C(=O)CC)n(CC)c3)N=C(N)N(C)C2=O)c1. The summed E-state index contributed by atoms with van der Waals surface area (Å²) in [5.41, 5.74) is 6.84. The van der Waals surface area contributed by atoms with Gasteiger partial charge in [0.1, 0.15) is 0 Å². The van der Waals surface area contributed by atoms with Gasteiger partial charge in [0.05, 0.1) is 5.69 Å². The van der Waals surface area contributed by atoms with Crippen LogP contribution in [0.2, 0.25) is 0 Å². The molecule has 158 valence electrons. The molecule has 30 heavy (non-hydrogen) atoms. The Kier molecular flexibility index (Phi) is 5.78. The first kappa shape index (κ1) is 21.3. The summed E-state index contributed by atoms with van der Waals surface area (Å²) < 4.78 is 1.82. The van der Waals surface area contributed by atoms with Gasteiger partial charge >= 0.3 is 0 Å². The van der Waals surface area contributed by atoms with E-state index in [1.807, 2.05) is 11.5 Å². The summed E-state index contributed by atoms with van der Waals surface area (Å²) in [6, 6.07) is 8.74. The molecule has 2 heterocycles. The normalized spacial score (nSPS) is 18.5. The molecule has 2 aromatic rings. The Balaban J connectivity index is 2.22. The maximum atomic E-state index is 13.4. The van der Waals surface area contributed by atoms with Crippen molar-refractivity contribution >= 4 is 29.2 Å². The number of anilines is 1. The minimum Gasteiger partial charge on any atom is -0.369 e. The van der Waals surface area contributed by atoms with Crippen molar-refractivity contribution in [1.29, 1.82) is 0 Å². The van der Waals surface area contributed by atoms with Crippen LogP contribution < -0.4 is 11.1 Å². The van der Waals surface area contributed by atoms with E-state index in [1.165, 1.54) is 4.90 Å². The fourth-order valence-electron chi connectivity index (χ4n) is 3.64. The summed E-state index contributed by atoms with van der Waals surface area (Å²) in [6.45, 7) is 6.08. The Morgan fingerprint density at radius 2 is 1.87 bits per heavy atom. The summed E-state index contributed by atoms with van der Waals surface area (Å²) in [6.07, 6.45) is 2.48. The molecule has 0 spiro atoms. The molecular weight excluding hydrogens is 382 g/mol. The van der Waals surface area contributed by atoms with Crippen LogP contribution in [0.1, 0.15) is 55.2 Å². The largest absolute Gasteiger partial charge is 0.369 e. The molecular formula is C22H27N5O3. The molecule has 0 bridgehead atoms. The van der Waals surface area contributed by atoms with Crippen LogP contribution >= 0.6 is 0 Å². The number of amides is 2. The lowest BCUT2D eigenvalue weighted by molar-refractivity contribution is -0.129. The van der Waals surface area contributed by atoms with Crippen molar-refractivity contribution in [2.75, 3.05) is 12.4 Å². The van der Waals surface area contributed by atoms with Gasteiger partial charge in [0, 0.05) is 43.9 Å². The molecule has 0 radical (unpaired) electrons. The highest BCUT2D eigenvalue weighted by Crippen LogP contribution is 2.41. The summed E-state index contributed by atoms with van der Waals surface area (Å²) in [7, 11) is 1.57. The van der Waals surface area contributed by atoms with Crippen molar-refractivity contribution in [3.8, 4) is 0 Å². The number of hydrogen-bond donors (Lipinski definition) is 2. The fraction of sp³-hybridized carbons (Fsp3) is 0.364. The molecule has 0 saturated heterocycles. The second-order valence-corrected chi connectivity index (χ2v) is 7.20. The monoisotopic (exact) mass is 409 g/mol. The number of Topliss-reactive ketones (excluding diaryl/α,β-unsaturated/α-hetero) is 1. The number of carbonyl (C=O) groups is 3. The van der Waals surface area contributed by atoms with E-state index in [0.29, 0.717) is 41.9 Å². The maximum Gasteiger partial charge on any atom is 0.266 e. The quantitative estimate of drug-likeness (QED) is 0.685. The first-order valence-corrected chi connectivity index (χ1v) is 10.1. The highest BCUT2D eigenvalue weighted by Gasteiger charge is 2.50. The Morgan fingerprint density at radius 3 is 2.43 bits per heavy atom. The first-order chi connectivity index (χ1) is 14.3. The summed E-state index contributed by atoms with van der Waals surface area (Å²) in [5.74, 6) is -0.372. The maximum absolute atomic E-state index is 13.4. The van der Waals surface area contributed by atoms with E-state index in [0.717, 1.165) is 0 Å². The lowest BCUT2D eigenvalue weighted by Crippen LogP contribution is -2.41. The van der Waals surface area contributed by atoms with Crippen LogP contribution in [-0.4, -0.2) is 40.1 Å². The lowest BCUT2D eigenvalue weighted by Gasteiger charge is -2.25. The zero-order valence-electron chi connectivity index (χ0n) is 17.7. The summed E-state index contributed by atoms with van der Waals surface area (Å²) >= 11 is 0. The number of likely N-dealkylation sites (N-methyl/N-ethyl adjacent to an activating group) is 1. The number of nitrogens with two attached hydrogens (primary N) is 1. The molecule has 8 heteroatoms. The third kappa shape index (κ3) is 3.38. The fourth-order valence-corrected chi connectivity index (χ4v) is 3.64. The smallest absolute Gasteiger partial charge is 0.266 e. The molecule has 1 atom stereocenters. The van der Waals surface area contributed by atoms with Crippen LogP contribution in [0.3, 0.4) is 0 Å². The predicted molar refractivity (Wildman–Crippen MR) is 115 cm³/mol. The molecule has 0 saturated carbocycles. The Labute approximate surface area is 175 Å². The van der Waals surface area contributed by atoms with Gasteiger partial charge in [0.15, 0.2) is 17.3 Å². The highest BCUT2D eigenvalue weighted by molar-refractivity contribution is 6.09. The molecule has 1 aliphatic rings. The minimum atomic E-state index is -1.42. The number of rotatable bonds is 7. The molecule has 2 amide bonds. The van der Waals surface area contributed by atoms with E-state index in [9.17, 15) is 14.4 Å². The second kappa shape index (κ2) is 8.14. The molecule has 1 aromatic heterocycles. The number of aromatic nitrogens is 1. The van der Waals surface area contributed by atoms with Crippen LogP contribution in [0, 0.1) is 0 Å². The van der Waals surface area contributed by atoms with Crippen LogP contribution in [-0.2, 0) is 21.7 Å². The first-order valence-electron chi connectivity index (χ1n) is 10.1. The van der Waals surface area contributed by atoms with Crippen molar-refractivity contribution in [2.45, 2.75) is 45.7 Å². The number of guanidine groups is 1. The van der Waals surface area contributed by atoms with Gasteiger partial charge in [-0.2, -0.15) is 0 Å². The molecule has 1 unspecified atom stereocenters. The van der Waals surface area contributed by atoms with Crippen molar-refractivity contribution in [3.63, 3.8) is 0 Å². The van der Waals surface area contributed by atoms with Gasteiger partial charge in [-0.05, 0) is 30.7 Å². The number of ketones is 1. The summed E-state index contributed by atoms with van der Waals surface area (Å²) in [5, 5.41) is 2.81. The molecule has 1 aliphatic heterocycles. The third-order valence-corrected chi connectivity index (χ3v) is 5.39. The second-order valence-electron chi connectivity index (χ2n) is 7.20. The number of hydrogen-bond acceptors (Lipinski definition) is 5. The van der Waals surface area contributed by atoms with Crippen LogP contribution in [0.5, 0.6) is 0 Å². The predicted octanol–water partition coefficient (Wildman–Crippen LogP) is 2.48. The van der Waals surface area contributed by atoms with Crippen molar-refractivity contribution < 1.29 is 14.4 Å². The lowest BCUT2D eigenvalue weighted by atomic mass is 9.83. The molecule has 1 aromatic carbocycles. The standard InChI is InChI=1S/C22H27N5O3/c1-5-18(28)17-12-15(13-27(17)7-3)22(20(30)26(4)21(23)25-22)14-9-8-10-16(11-14)24-19(29)6-2/h8-13H,5-7H2,1-4H3,(H2,23,25)(H,24,29). The Bertz CT molecular complexity index is 1040. The topological polar surface area (TPSA) is 110 Å². The van der Waals surface area contributed by atoms with E-state index in [4.69, 9.17) is 5.73 Å². The average molecular weight is 409 g/mol. The zero-order valence-corrected chi connectivity index (χ0v) is 17.7. The molecule has 3 rings (SSSR count). The van der Waals surface area contributed by atoms with Gasteiger partial charge in [-0.25, -0.2) is 4.99 Å². The van der Waals surface area contributed by atoms with Gasteiger partial charge in [-0.15, -0.1) is 0 Å². The van der Waals surface area contributed by atoms with E-state index < -0.39 is 5.54 Å². The molecule has 3 N–H and O–H groups in total. The van der Waals surface area contributed by atoms with Gasteiger partial charge in [-0.3, -0.25) is 19.3 Å². The Hall–Kier alpha value is -3.42. The van der Waals surface area contributed by atoms with Gasteiger partial charge in [0.2, 0.25) is 5.91 Å². The van der Waals surface area contributed by atoms with Gasteiger partial charge in [-0.1, -0.05) is 26.0 Å². The van der Waals surface area contributed by atoms with Crippen LogP contribution in [0.4, 0.5) is 5.69 Å². The van der Waals surface area contributed by atoms with E-state index >= 15 is 0 Å². The van der Waals surface area contributed by atoms with Crippen molar-refractivity contribution in [1.82, 2.24) is 9.47 Å². The van der Waals surface area contributed by atoms with Gasteiger partial charge < -0.3 is 15.6 Å². The Morgan fingerprint density at radius 1 is 1.13 bits per heavy atom. The van der Waals surface area contributed by atoms with Crippen molar-refractivity contribution in [3.05, 3.63) is 53.3 Å². The van der Waals surface area contributed by atoms with Gasteiger partial charge in [0.25, 0.3) is 5.91 Å². The minimum absolute atomic E-state index is 0.0158. The van der Waals surface area contributed by atoms with Crippen LogP contribution in [0.15, 0.2) is 41.5 Å². The third-order valence-electron chi connectivity index (χ3n) is 5.39. The molecule has 0 aliphatic carbocycles. The summed E-state index contributed by atoms with van der Waals surface area (Å²) in [4.78, 5) is 43.6. The van der Waals surface area contributed by atoms with E-state index in [2.05, 4.69) is 10.3 Å². The highest BCUT2D eigenvalue weighted by atomic mass is 16.2. The zero-order chi connectivity index (χ0) is 22.1.